The van der Waals surface area contributed by atoms with Crippen LogP contribution in [0.2, 0.25) is 0 Å². The number of halogens is 1. The zero-order chi connectivity index (χ0) is 12.8. The monoisotopic (exact) mass is 311 g/mol. The lowest BCUT2D eigenvalue weighted by Crippen LogP contribution is -2.49. The lowest BCUT2D eigenvalue weighted by atomic mass is 10.1. The molecule has 1 aliphatic heterocycles. The third-order valence-corrected chi connectivity index (χ3v) is 3.94. The summed E-state index contributed by atoms with van der Waals surface area (Å²) in [4.78, 5) is 14.1. The van der Waals surface area contributed by atoms with Crippen molar-refractivity contribution in [3.63, 3.8) is 0 Å². The van der Waals surface area contributed by atoms with E-state index in [1.54, 1.807) is 0 Å². The first-order valence-corrected chi connectivity index (χ1v) is 7.40. The molecule has 0 aliphatic carbocycles. The molecule has 3 nitrogen and oxygen atoms in total. The standard InChI is InChI=1S/C14H18BrNO2/c15-10-13-11-18-9-8-16(13)14(17)7-6-12-4-2-1-3-5-12/h1-5,13H,6-11H2. The summed E-state index contributed by atoms with van der Waals surface area (Å²) < 4.78 is 5.39. The second-order valence-corrected chi connectivity index (χ2v) is 5.10. The molecule has 18 heavy (non-hydrogen) atoms. The van der Waals surface area contributed by atoms with Gasteiger partial charge in [0.15, 0.2) is 0 Å². The Morgan fingerprint density at radius 1 is 1.39 bits per heavy atom. The summed E-state index contributed by atoms with van der Waals surface area (Å²) in [5.74, 6) is 0.228. The minimum Gasteiger partial charge on any atom is -0.377 e. The number of nitrogens with zero attached hydrogens (tertiary/aromatic N) is 1. The van der Waals surface area contributed by atoms with E-state index < -0.39 is 0 Å². The van der Waals surface area contributed by atoms with Gasteiger partial charge in [-0.3, -0.25) is 4.79 Å². The summed E-state index contributed by atoms with van der Waals surface area (Å²) in [7, 11) is 0. The highest BCUT2D eigenvalue weighted by Crippen LogP contribution is 2.12. The SMILES string of the molecule is O=C(CCc1ccccc1)N1CCOCC1CBr. The van der Waals surface area contributed by atoms with Gasteiger partial charge in [0, 0.05) is 18.3 Å². The fraction of sp³-hybridized carbons (Fsp3) is 0.500. The molecule has 1 unspecified atom stereocenters. The summed E-state index contributed by atoms with van der Waals surface area (Å²) in [6.07, 6.45) is 1.39. The van der Waals surface area contributed by atoms with Crippen molar-refractivity contribution in [3.8, 4) is 0 Å². The number of amides is 1. The van der Waals surface area contributed by atoms with Crippen LogP contribution in [0.1, 0.15) is 12.0 Å². The fourth-order valence-corrected chi connectivity index (χ4v) is 2.69. The summed E-state index contributed by atoms with van der Waals surface area (Å²) in [5, 5.41) is 0.782. The van der Waals surface area contributed by atoms with E-state index in [1.807, 2.05) is 23.1 Å². The second kappa shape index (κ2) is 6.90. The first-order chi connectivity index (χ1) is 8.81. The number of benzene rings is 1. The van der Waals surface area contributed by atoms with Gasteiger partial charge in [-0.1, -0.05) is 46.3 Å². The summed E-state index contributed by atoms with van der Waals surface area (Å²) in [5.41, 5.74) is 1.22. The largest absolute Gasteiger partial charge is 0.377 e. The topological polar surface area (TPSA) is 29.5 Å². The Hall–Kier alpha value is -0.870. The number of hydrogen-bond donors (Lipinski definition) is 0. The predicted octanol–water partition coefficient (Wildman–Crippen LogP) is 2.24. The predicted molar refractivity (Wildman–Crippen MR) is 74.9 cm³/mol. The van der Waals surface area contributed by atoms with E-state index in [2.05, 4.69) is 28.1 Å². The van der Waals surface area contributed by atoms with E-state index in [0.29, 0.717) is 26.2 Å². The fourth-order valence-electron chi connectivity index (χ4n) is 2.15. The summed E-state index contributed by atoms with van der Waals surface area (Å²) in [6, 6.07) is 10.3. The molecule has 98 valence electrons. The number of morpholine rings is 1. The maximum Gasteiger partial charge on any atom is 0.223 e. The summed E-state index contributed by atoms with van der Waals surface area (Å²) >= 11 is 3.44. The van der Waals surface area contributed by atoms with Gasteiger partial charge >= 0.3 is 0 Å². The molecule has 0 radical (unpaired) electrons. The number of hydrogen-bond acceptors (Lipinski definition) is 2. The molecule has 2 rings (SSSR count). The highest BCUT2D eigenvalue weighted by molar-refractivity contribution is 9.09. The molecule has 0 bridgehead atoms. The van der Waals surface area contributed by atoms with Crippen molar-refractivity contribution in [2.75, 3.05) is 25.1 Å². The zero-order valence-electron chi connectivity index (χ0n) is 10.3. The number of ether oxygens (including phenoxy) is 1. The van der Waals surface area contributed by atoms with Crippen LogP contribution >= 0.6 is 15.9 Å². The number of alkyl halides is 1. The van der Waals surface area contributed by atoms with Crippen molar-refractivity contribution in [1.82, 2.24) is 4.90 Å². The van der Waals surface area contributed by atoms with Crippen LogP contribution < -0.4 is 0 Å². The van der Waals surface area contributed by atoms with Gasteiger partial charge in [0.25, 0.3) is 0 Å². The van der Waals surface area contributed by atoms with Crippen LogP contribution in [0.3, 0.4) is 0 Å². The quantitative estimate of drug-likeness (QED) is 0.798. The molecule has 1 fully saturated rings. The van der Waals surface area contributed by atoms with Crippen molar-refractivity contribution in [2.45, 2.75) is 18.9 Å². The van der Waals surface area contributed by atoms with Crippen LogP contribution in [0.4, 0.5) is 0 Å². The Kier molecular flexibility index (Phi) is 5.20. The first kappa shape index (κ1) is 13.6. The minimum absolute atomic E-state index is 0.182. The number of aryl methyl sites for hydroxylation is 1. The molecule has 0 spiro atoms. The molecular weight excluding hydrogens is 294 g/mol. The van der Waals surface area contributed by atoms with Crippen molar-refractivity contribution >= 4 is 21.8 Å². The first-order valence-electron chi connectivity index (χ1n) is 6.28. The van der Waals surface area contributed by atoms with Gasteiger partial charge in [-0.2, -0.15) is 0 Å². The molecule has 1 atom stereocenters. The average Bonchev–Trinajstić information content (AvgIpc) is 2.45. The Balaban J connectivity index is 1.87. The highest BCUT2D eigenvalue weighted by atomic mass is 79.9. The van der Waals surface area contributed by atoms with E-state index in [9.17, 15) is 4.79 Å². The smallest absolute Gasteiger partial charge is 0.223 e. The Morgan fingerprint density at radius 2 is 2.17 bits per heavy atom. The van der Waals surface area contributed by atoms with Gasteiger partial charge in [0.05, 0.1) is 19.3 Å². The minimum atomic E-state index is 0.182. The lowest BCUT2D eigenvalue weighted by Gasteiger charge is -2.34. The van der Waals surface area contributed by atoms with Crippen LogP contribution in [0, 0.1) is 0 Å². The van der Waals surface area contributed by atoms with Gasteiger partial charge in [-0.15, -0.1) is 0 Å². The second-order valence-electron chi connectivity index (χ2n) is 4.46. The van der Waals surface area contributed by atoms with Crippen LogP contribution in [0.25, 0.3) is 0 Å². The molecule has 0 aromatic heterocycles. The number of carbonyl (C=O) groups excluding carboxylic acids is 1. The van der Waals surface area contributed by atoms with Gasteiger partial charge in [0.2, 0.25) is 5.91 Å². The Labute approximate surface area is 116 Å². The van der Waals surface area contributed by atoms with Crippen LogP contribution in [0.5, 0.6) is 0 Å². The van der Waals surface area contributed by atoms with E-state index in [-0.39, 0.29) is 11.9 Å². The number of carbonyl (C=O) groups is 1. The molecule has 1 heterocycles. The highest BCUT2D eigenvalue weighted by Gasteiger charge is 2.25. The van der Waals surface area contributed by atoms with E-state index in [1.165, 1.54) is 5.56 Å². The maximum absolute atomic E-state index is 12.2. The van der Waals surface area contributed by atoms with Gasteiger partial charge < -0.3 is 9.64 Å². The molecule has 1 saturated heterocycles. The lowest BCUT2D eigenvalue weighted by molar-refractivity contribution is -0.138. The number of rotatable bonds is 4. The van der Waals surface area contributed by atoms with Gasteiger partial charge in [-0.05, 0) is 12.0 Å². The van der Waals surface area contributed by atoms with Crippen LogP contribution in [-0.2, 0) is 16.0 Å². The normalized spacial score (nSPS) is 19.8. The van der Waals surface area contributed by atoms with E-state index in [0.717, 1.165) is 11.8 Å². The average molecular weight is 312 g/mol. The molecular formula is C14H18BrNO2. The molecule has 1 aliphatic rings. The van der Waals surface area contributed by atoms with Crippen molar-refractivity contribution in [1.29, 1.82) is 0 Å². The zero-order valence-corrected chi connectivity index (χ0v) is 11.9. The molecule has 1 aromatic rings. The Morgan fingerprint density at radius 3 is 2.89 bits per heavy atom. The maximum atomic E-state index is 12.2. The van der Waals surface area contributed by atoms with Gasteiger partial charge in [-0.25, -0.2) is 0 Å². The molecule has 0 N–H and O–H groups in total. The third-order valence-electron chi connectivity index (χ3n) is 3.20. The van der Waals surface area contributed by atoms with Gasteiger partial charge in [0.1, 0.15) is 0 Å². The Bertz CT molecular complexity index is 383. The third kappa shape index (κ3) is 3.56. The van der Waals surface area contributed by atoms with Crippen LogP contribution in [0.15, 0.2) is 30.3 Å². The van der Waals surface area contributed by atoms with Crippen molar-refractivity contribution < 1.29 is 9.53 Å². The molecule has 0 saturated carbocycles. The summed E-state index contributed by atoms with van der Waals surface area (Å²) in [6.45, 7) is 2.01. The van der Waals surface area contributed by atoms with E-state index >= 15 is 0 Å². The van der Waals surface area contributed by atoms with E-state index in [4.69, 9.17) is 4.74 Å². The van der Waals surface area contributed by atoms with Crippen molar-refractivity contribution in [2.24, 2.45) is 0 Å². The van der Waals surface area contributed by atoms with Crippen LogP contribution in [-0.4, -0.2) is 41.9 Å². The molecule has 1 amide bonds. The molecule has 1 aromatic carbocycles. The molecule has 4 heteroatoms. The van der Waals surface area contributed by atoms with Crippen molar-refractivity contribution in [3.05, 3.63) is 35.9 Å².